The Bertz CT molecular complexity index is 678. The summed E-state index contributed by atoms with van der Waals surface area (Å²) in [7, 11) is 0. The Balaban J connectivity index is 1.75. The zero-order chi connectivity index (χ0) is 21.2. The molecule has 29 heavy (non-hydrogen) atoms. The molecule has 1 heteroatoms. The minimum absolute atomic E-state index is 0.182. The molecular formula is C28H44O. The quantitative estimate of drug-likeness (QED) is 0.473. The van der Waals surface area contributed by atoms with Crippen LogP contribution in [-0.2, 0) is 0 Å². The SMILES string of the molecule is C=C1CCC(O)C/C1=C/C=C1\CCC[C@]2(C)C(C(C)/C=C/[C@H](C)C(C)C)CC[C@@H]12. The summed E-state index contributed by atoms with van der Waals surface area (Å²) in [6.07, 6.45) is 18.8. The van der Waals surface area contributed by atoms with Crippen LogP contribution in [-0.4, -0.2) is 11.2 Å². The maximum Gasteiger partial charge on any atom is 0.0583 e. The summed E-state index contributed by atoms with van der Waals surface area (Å²) in [6, 6.07) is 0. The summed E-state index contributed by atoms with van der Waals surface area (Å²) in [5, 5.41) is 10.0. The first-order valence-electron chi connectivity index (χ1n) is 12.2. The Morgan fingerprint density at radius 2 is 1.79 bits per heavy atom. The van der Waals surface area contributed by atoms with Crippen molar-refractivity contribution in [1.82, 2.24) is 0 Å². The van der Waals surface area contributed by atoms with Crippen molar-refractivity contribution in [3.8, 4) is 0 Å². The number of allylic oxidation sites excluding steroid dienone is 6. The molecule has 0 aromatic carbocycles. The third-order valence-corrected chi connectivity index (χ3v) is 8.63. The third-order valence-electron chi connectivity index (χ3n) is 8.63. The van der Waals surface area contributed by atoms with E-state index in [0.29, 0.717) is 17.3 Å². The van der Waals surface area contributed by atoms with Crippen LogP contribution in [0.1, 0.15) is 86.0 Å². The lowest BCUT2D eigenvalue weighted by Crippen LogP contribution is -2.35. The van der Waals surface area contributed by atoms with Gasteiger partial charge in [-0.2, -0.15) is 0 Å². The molecule has 1 N–H and O–H groups in total. The first kappa shape index (κ1) is 22.6. The molecule has 6 atom stereocenters. The van der Waals surface area contributed by atoms with Crippen LogP contribution in [0.2, 0.25) is 0 Å². The predicted octanol–water partition coefficient (Wildman–Crippen LogP) is 7.64. The molecule has 0 bridgehead atoms. The second-order valence-electron chi connectivity index (χ2n) is 10.9. The first-order valence-corrected chi connectivity index (χ1v) is 12.2. The lowest BCUT2D eigenvalue weighted by molar-refractivity contribution is 0.112. The second kappa shape index (κ2) is 9.38. The molecule has 0 aromatic rings. The van der Waals surface area contributed by atoms with E-state index in [9.17, 15) is 5.11 Å². The molecule has 0 heterocycles. The van der Waals surface area contributed by atoms with Crippen LogP contribution in [0, 0.1) is 35.0 Å². The molecule has 3 rings (SSSR count). The van der Waals surface area contributed by atoms with Crippen LogP contribution in [0.5, 0.6) is 0 Å². The second-order valence-corrected chi connectivity index (χ2v) is 10.9. The van der Waals surface area contributed by atoms with E-state index in [2.05, 4.69) is 65.5 Å². The normalized spacial score (nSPS) is 38.2. The molecule has 0 amide bonds. The number of hydrogen-bond acceptors (Lipinski definition) is 1. The Kier molecular flexibility index (Phi) is 7.31. The van der Waals surface area contributed by atoms with Gasteiger partial charge in [0.2, 0.25) is 0 Å². The van der Waals surface area contributed by atoms with E-state index in [1.165, 1.54) is 43.3 Å². The fourth-order valence-corrected chi connectivity index (χ4v) is 6.25. The average molecular weight is 397 g/mol. The summed E-state index contributed by atoms with van der Waals surface area (Å²) < 4.78 is 0. The Hall–Kier alpha value is -1.08. The zero-order valence-electron chi connectivity index (χ0n) is 19.6. The van der Waals surface area contributed by atoms with Gasteiger partial charge in [-0.15, -0.1) is 0 Å². The molecule has 3 aliphatic rings. The highest BCUT2D eigenvalue weighted by Gasteiger charge is 2.50. The summed E-state index contributed by atoms with van der Waals surface area (Å²) in [6.45, 7) is 16.3. The van der Waals surface area contributed by atoms with Crippen molar-refractivity contribution >= 4 is 0 Å². The molecule has 3 saturated carbocycles. The van der Waals surface area contributed by atoms with Crippen LogP contribution in [0.15, 0.2) is 47.6 Å². The molecule has 0 aromatic heterocycles. The molecule has 0 spiro atoms. The number of fused-ring (bicyclic) bond motifs is 1. The van der Waals surface area contributed by atoms with Crippen molar-refractivity contribution in [2.24, 2.45) is 35.0 Å². The van der Waals surface area contributed by atoms with Crippen molar-refractivity contribution in [3.05, 3.63) is 47.6 Å². The third kappa shape index (κ3) is 4.98. The maximum absolute atomic E-state index is 10.0. The monoisotopic (exact) mass is 396 g/mol. The van der Waals surface area contributed by atoms with Gasteiger partial charge < -0.3 is 5.11 Å². The molecule has 1 nitrogen and oxygen atoms in total. The number of aliphatic hydroxyl groups excluding tert-OH is 1. The van der Waals surface area contributed by atoms with E-state index in [-0.39, 0.29) is 6.10 Å². The van der Waals surface area contributed by atoms with Gasteiger partial charge in [0.25, 0.3) is 0 Å². The van der Waals surface area contributed by atoms with Crippen molar-refractivity contribution in [2.75, 3.05) is 0 Å². The van der Waals surface area contributed by atoms with Gasteiger partial charge in [-0.05, 0) is 91.9 Å². The molecule has 162 valence electrons. The lowest BCUT2D eigenvalue weighted by Gasteiger charge is -2.44. The highest BCUT2D eigenvalue weighted by Crippen LogP contribution is 2.59. The molecule has 0 radical (unpaired) electrons. The molecular weight excluding hydrogens is 352 g/mol. The van der Waals surface area contributed by atoms with Gasteiger partial charge in [0, 0.05) is 0 Å². The minimum atomic E-state index is -0.182. The largest absolute Gasteiger partial charge is 0.393 e. The molecule has 3 unspecified atom stereocenters. The summed E-state index contributed by atoms with van der Waals surface area (Å²) in [5.41, 5.74) is 4.61. The van der Waals surface area contributed by atoms with Gasteiger partial charge in [-0.25, -0.2) is 0 Å². The summed E-state index contributed by atoms with van der Waals surface area (Å²) in [5.74, 6) is 3.58. The molecule has 3 fully saturated rings. The van der Waals surface area contributed by atoms with Crippen LogP contribution >= 0.6 is 0 Å². The minimum Gasteiger partial charge on any atom is -0.393 e. The topological polar surface area (TPSA) is 20.2 Å². The van der Waals surface area contributed by atoms with Crippen molar-refractivity contribution in [3.63, 3.8) is 0 Å². The van der Waals surface area contributed by atoms with E-state index in [4.69, 9.17) is 0 Å². The van der Waals surface area contributed by atoms with E-state index >= 15 is 0 Å². The standard InChI is InChI=1S/C28H44O/c1-19(2)20(3)9-10-22(5)26-15-16-27-23(8-7-17-28(26,27)6)12-13-24-18-25(29)14-11-21(24)4/h9-10,12-13,19-20,22,25-27,29H,4,7-8,11,14-18H2,1-3,5-6H3/b10-9+,23-12+,24-13-/t20-,22?,25?,26?,27-,28+/m0/s1. The smallest absolute Gasteiger partial charge is 0.0583 e. The van der Waals surface area contributed by atoms with E-state index in [1.807, 2.05) is 0 Å². The van der Waals surface area contributed by atoms with Crippen molar-refractivity contribution in [2.45, 2.75) is 92.1 Å². The van der Waals surface area contributed by atoms with E-state index < -0.39 is 0 Å². The summed E-state index contributed by atoms with van der Waals surface area (Å²) >= 11 is 0. The molecule has 0 aliphatic heterocycles. The first-order chi connectivity index (χ1) is 13.7. The van der Waals surface area contributed by atoms with Gasteiger partial charge in [0.15, 0.2) is 0 Å². The predicted molar refractivity (Wildman–Crippen MR) is 126 cm³/mol. The van der Waals surface area contributed by atoms with E-state index in [0.717, 1.165) is 37.0 Å². The fraction of sp³-hybridized carbons (Fsp3) is 0.714. The fourth-order valence-electron chi connectivity index (χ4n) is 6.25. The highest BCUT2D eigenvalue weighted by atomic mass is 16.3. The highest BCUT2D eigenvalue weighted by molar-refractivity contribution is 5.36. The van der Waals surface area contributed by atoms with Crippen LogP contribution < -0.4 is 0 Å². The van der Waals surface area contributed by atoms with Crippen LogP contribution in [0.3, 0.4) is 0 Å². The van der Waals surface area contributed by atoms with Gasteiger partial charge in [-0.3, -0.25) is 0 Å². The summed E-state index contributed by atoms with van der Waals surface area (Å²) in [4.78, 5) is 0. The van der Waals surface area contributed by atoms with Crippen molar-refractivity contribution < 1.29 is 5.11 Å². The maximum atomic E-state index is 10.0. The Labute approximate surface area is 180 Å². The van der Waals surface area contributed by atoms with Gasteiger partial charge in [0.05, 0.1) is 6.10 Å². The molecule has 0 saturated heterocycles. The lowest BCUT2D eigenvalue weighted by atomic mass is 9.61. The average Bonchev–Trinajstić information content (AvgIpc) is 3.04. The number of hydrogen-bond donors (Lipinski definition) is 1. The van der Waals surface area contributed by atoms with Gasteiger partial charge in [-0.1, -0.05) is 76.6 Å². The molecule has 3 aliphatic carbocycles. The van der Waals surface area contributed by atoms with Gasteiger partial charge >= 0.3 is 0 Å². The number of rotatable bonds is 5. The van der Waals surface area contributed by atoms with E-state index in [1.54, 1.807) is 5.57 Å². The number of aliphatic hydroxyl groups is 1. The van der Waals surface area contributed by atoms with Crippen LogP contribution in [0.4, 0.5) is 0 Å². The zero-order valence-corrected chi connectivity index (χ0v) is 19.6. The van der Waals surface area contributed by atoms with Gasteiger partial charge in [0.1, 0.15) is 0 Å². The van der Waals surface area contributed by atoms with Crippen molar-refractivity contribution in [1.29, 1.82) is 0 Å². The Morgan fingerprint density at radius 3 is 2.52 bits per heavy atom. The Morgan fingerprint density at radius 1 is 1.03 bits per heavy atom. The van der Waals surface area contributed by atoms with Crippen LogP contribution in [0.25, 0.3) is 0 Å².